The van der Waals surface area contributed by atoms with Crippen LogP contribution >= 0.6 is 0 Å². The van der Waals surface area contributed by atoms with Crippen molar-refractivity contribution in [2.75, 3.05) is 6.54 Å². The summed E-state index contributed by atoms with van der Waals surface area (Å²) in [5.74, 6) is -1.36. The monoisotopic (exact) mass is 290 g/mol. The molecule has 1 aliphatic heterocycles. The maximum Gasteiger partial charge on any atom is 0.326 e. The number of rotatable bonds is 4. The highest BCUT2D eigenvalue weighted by molar-refractivity contribution is 5.94. The Bertz CT molecular complexity index is 594. The van der Waals surface area contributed by atoms with Crippen LogP contribution in [0.3, 0.4) is 0 Å². The number of hydrogen-bond acceptors (Lipinski definition) is 4. The molecule has 2 rings (SSSR count). The Kier molecular flexibility index (Phi) is 4.32. The zero-order valence-corrected chi connectivity index (χ0v) is 11.1. The number of carbonyl (C=O) groups excluding carboxylic acids is 1. The predicted molar refractivity (Wildman–Crippen MR) is 74.5 cm³/mol. The normalized spacial score (nSPS) is 18.1. The van der Waals surface area contributed by atoms with Crippen molar-refractivity contribution in [2.45, 2.75) is 18.9 Å². The van der Waals surface area contributed by atoms with E-state index in [9.17, 15) is 19.7 Å². The maximum atomic E-state index is 12.0. The van der Waals surface area contributed by atoms with E-state index in [1.165, 1.54) is 41.3 Å². The molecule has 1 heterocycles. The minimum absolute atomic E-state index is 0.0241. The Morgan fingerprint density at radius 1 is 1.33 bits per heavy atom. The van der Waals surface area contributed by atoms with Crippen LogP contribution in [0.4, 0.5) is 5.69 Å². The lowest BCUT2D eigenvalue weighted by molar-refractivity contribution is -0.384. The van der Waals surface area contributed by atoms with Gasteiger partial charge in [0.2, 0.25) is 5.91 Å². The van der Waals surface area contributed by atoms with Gasteiger partial charge in [-0.05, 0) is 36.6 Å². The van der Waals surface area contributed by atoms with Gasteiger partial charge in [0.25, 0.3) is 5.69 Å². The summed E-state index contributed by atoms with van der Waals surface area (Å²) in [5, 5.41) is 19.5. The zero-order valence-electron chi connectivity index (χ0n) is 11.1. The molecule has 110 valence electrons. The van der Waals surface area contributed by atoms with Crippen LogP contribution in [-0.4, -0.2) is 39.4 Å². The molecule has 0 saturated carbocycles. The van der Waals surface area contributed by atoms with E-state index in [1.54, 1.807) is 0 Å². The summed E-state index contributed by atoms with van der Waals surface area (Å²) in [6.07, 6.45) is 3.95. The van der Waals surface area contributed by atoms with Crippen molar-refractivity contribution < 1.29 is 19.6 Å². The lowest BCUT2D eigenvalue weighted by Crippen LogP contribution is -2.39. The van der Waals surface area contributed by atoms with E-state index in [-0.39, 0.29) is 11.6 Å². The van der Waals surface area contributed by atoms with Gasteiger partial charge >= 0.3 is 5.97 Å². The first-order valence-electron chi connectivity index (χ1n) is 6.45. The van der Waals surface area contributed by atoms with Crippen LogP contribution in [0, 0.1) is 10.1 Å². The van der Waals surface area contributed by atoms with E-state index >= 15 is 0 Å². The lowest BCUT2D eigenvalue weighted by atomic mass is 10.2. The van der Waals surface area contributed by atoms with E-state index in [1.807, 2.05) is 0 Å². The van der Waals surface area contributed by atoms with Gasteiger partial charge in [0.05, 0.1) is 4.92 Å². The average Bonchev–Trinajstić information content (AvgIpc) is 2.95. The molecule has 1 atom stereocenters. The molecule has 1 fully saturated rings. The third-order valence-corrected chi connectivity index (χ3v) is 3.34. The fraction of sp³-hybridized carbons (Fsp3) is 0.286. The molecule has 0 spiro atoms. The minimum atomic E-state index is -0.996. The molecule has 1 saturated heterocycles. The molecule has 7 heteroatoms. The molecule has 0 radical (unpaired) electrons. The minimum Gasteiger partial charge on any atom is -0.480 e. The van der Waals surface area contributed by atoms with Crippen molar-refractivity contribution in [1.82, 2.24) is 4.90 Å². The molecular formula is C14H14N2O5. The number of non-ortho nitro benzene ring substituents is 1. The van der Waals surface area contributed by atoms with Gasteiger partial charge in [0.1, 0.15) is 6.04 Å². The largest absolute Gasteiger partial charge is 0.480 e. The highest BCUT2D eigenvalue weighted by Gasteiger charge is 2.32. The summed E-state index contributed by atoms with van der Waals surface area (Å²) < 4.78 is 0. The fourth-order valence-corrected chi connectivity index (χ4v) is 2.26. The van der Waals surface area contributed by atoms with Gasteiger partial charge < -0.3 is 10.0 Å². The second kappa shape index (κ2) is 6.17. The molecule has 7 nitrogen and oxygen atoms in total. The molecule has 21 heavy (non-hydrogen) atoms. The fourth-order valence-electron chi connectivity index (χ4n) is 2.26. The van der Waals surface area contributed by atoms with E-state index in [0.29, 0.717) is 24.9 Å². The van der Waals surface area contributed by atoms with Gasteiger partial charge in [-0.15, -0.1) is 0 Å². The van der Waals surface area contributed by atoms with Crippen LogP contribution < -0.4 is 0 Å². The summed E-state index contributed by atoms with van der Waals surface area (Å²) in [6, 6.07) is 4.99. The number of likely N-dealkylation sites (tertiary alicyclic amines) is 1. The Hall–Kier alpha value is -2.70. The zero-order chi connectivity index (χ0) is 15.4. The van der Waals surface area contributed by atoms with Gasteiger partial charge in [0, 0.05) is 24.8 Å². The number of carbonyl (C=O) groups is 2. The summed E-state index contributed by atoms with van der Waals surface area (Å²) in [6.45, 7) is 0.431. The summed E-state index contributed by atoms with van der Waals surface area (Å²) >= 11 is 0. The van der Waals surface area contributed by atoms with Crippen molar-refractivity contribution >= 4 is 23.6 Å². The van der Waals surface area contributed by atoms with E-state index in [0.717, 1.165) is 0 Å². The number of benzene rings is 1. The molecule has 1 aliphatic rings. The van der Waals surface area contributed by atoms with Gasteiger partial charge in [-0.25, -0.2) is 4.79 Å². The lowest BCUT2D eigenvalue weighted by Gasteiger charge is -2.19. The molecule has 1 aromatic carbocycles. The first-order valence-corrected chi connectivity index (χ1v) is 6.45. The average molecular weight is 290 g/mol. The standard InChI is InChI=1S/C14H14N2O5/c17-13(15-9-1-2-12(15)14(18)19)8-5-10-3-6-11(7-4-10)16(20)21/h3-8,12H,1-2,9H2,(H,18,19)/t12-/m1/s1. The van der Waals surface area contributed by atoms with Crippen LogP contribution in [0.25, 0.3) is 6.08 Å². The number of carboxylic acids is 1. The van der Waals surface area contributed by atoms with Gasteiger partial charge in [-0.2, -0.15) is 0 Å². The number of nitro benzene ring substituents is 1. The highest BCUT2D eigenvalue weighted by Crippen LogP contribution is 2.18. The molecule has 1 aromatic rings. The van der Waals surface area contributed by atoms with Crippen LogP contribution in [0.1, 0.15) is 18.4 Å². The van der Waals surface area contributed by atoms with Gasteiger partial charge in [0.15, 0.2) is 0 Å². The Balaban J connectivity index is 2.05. The molecule has 0 aliphatic carbocycles. The summed E-state index contributed by atoms with van der Waals surface area (Å²) in [7, 11) is 0. The van der Waals surface area contributed by atoms with Crippen LogP contribution in [0.15, 0.2) is 30.3 Å². The second-order valence-electron chi connectivity index (χ2n) is 4.71. The summed E-state index contributed by atoms with van der Waals surface area (Å²) in [4.78, 5) is 34.3. The molecule has 0 bridgehead atoms. The Morgan fingerprint density at radius 3 is 2.57 bits per heavy atom. The maximum absolute atomic E-state index is 12.0. The Morgan fingerprint density at radius 2 is 2.00 bits per heavy atom. The second-order valence-corrected chi connectivity index (χ2v) is 4.71. The number of nitro groups is 1. The first-order chi connectivity index (χ1) is 9.99. The third kappa shape index (κ3) is 3.44. The highest BCUT2D eigenvalue weighted by atomic mass is 16.6. The van der Waals surface area contributed by atoms with E-state index < -0.39 is 16.9 Å². The Labute approximate surface area is 120 Å². The SMILES string of the molecule is O=C(O)[C@H]1CCCN1C(=O)C=Cc1ccc([N+](=O)[O-])cc1. The molecule has 1 amide bonds. The quantitative estimate of drug-likeness (QED) is 0.516. The van der Waals surface area contributed by atoms with Crippen molar-refractivity contribution in [2.24, 2.45) is 0 Å². The molecular weight excluding hydrogens is 276 g/mol. The van der Waals surface area contributed by atoms with Gasteiger partial charge in [-0.1, -0.05) is 0 Å². The van der Waals surface area contributed by atoms with Crippen LogP contribution in [0.2, 0.25) is 0 Å². The molecule has 0 unspecified atom stereocenters. The predicted octanol–water partition coefficient (Wildman–Crippen LogP) is 1.68. The van der Waals surface area contributed by atoms with E-state index in [2.05, 4.69) is 0 Å². The summed E-state index contributed by atoms with van der Waals surface area (Å²) in [5.41, 5.74) is 0.615. The van der Waals surface area contributed by atoms with Crippen LogP contribution in [0.5, 0.6) is 0 Å². The smallest absolute Gasteiger partial charge is 0.326 e. The van der Waals surface area contributed by atoms with Crippen molar-refractivity contribution in [1.29, 1.82) is 0 Å². The van der Waals surface area contributed by atoms with Crippen LogP contribution in [-0.2, 0) is 9.59 Å². The third-order valence-electron chi connectivity index (χ3n) is 3.34. The number of nitrogens with zero attached hydrogens (tertiary/aromatic N) is 2. The number of aliphatic carboxylic acids is 1. The van der Waals surface area contributed by atoms with Crippen molar-refractivity contribution in [3.05, 3.63) is 46.0 Å². The molecule has 0 aromatic heterocycles. The topological polar surface area (TPSA) is 101 Å². The number of amides is 1. The number of hydrogen-bond donors (Lipinski definition) is 1. The molecule has 1 N–H and O–H groups in total. The number of carboxylic acid groups (broad SMARTS) is 1. The first kappa shape index (κ1) is 14.7. The van der Waals surface area contributed by atoms with Crippen molar-refractivity contribution in [3.8, 4) is 0 Å². The van der Waals surface area contributed by atoms with Gasteiger partial charge in [-0.3, -0.25) is 14.9 Å². The van der Waals surface area contributed by atoms with E-state index in [4.69, 9.17) is 5.11 Å². The van der Waals surface area contributed by atoms with Crippen molar-refractivity contribution in [3.63, 3.8) is 0 Å².